The monoisotopic (exact) mass is 336 g/mol. The summed E-state index contributed by atoms with van der Waals surface area (Å²) in [5.41, 5.74) is 0.368. The highest BCUT2D eigenvalue weighted by molar-refractivity contribution is 6.05. The molecular formula is C17H24N2O5. The van der Waals surface area contributed by atoms with Gasteiger partial charge in [0.15, 0.2) is 5.78 Å². The van der Waals surface area contributed by atoms with E-state index in [1.165, 1.54) is 0 Å². The Morgan fingerprint density at radius 1 is 1.54 bits per heavy atom. The molecule has 0 radical (unpaired) electrons. The quantitative estimate of drug-likeness (QED) is 0.469. The molecule has 0 saturated heterocycles. The molecule has 0 aliphatic heterocycles. The van der Waals surface area contributed by atoms with Crippen LogP contribution in [0.1, 0.15) is 61.8 Å². The van der Waals surface area contributed by atoms with E-state index in [9.17, 15) is 19.9 Å². The van der Waals surface area contributed by atoms with Crippen molar-refractivity contribution in [2.24, 2.45) is 22.4 Å². The van der Waals surface area contributed by atoms with Gasteiger partial charge in [-0.2, -0.15) is 0 Å². The molecule has 0 fully saturated rings. The molecule has 1 unspecified atom stereocenters. The number of aliphatic carboxylic acids is 1. The van der Waals surface area contributed by atoms with Gasteiger partial charge in [0.05, 0.1) is 23.4 Å². The third-order valence-electron chi connectivity index (χ3n) is 5.19. The third-order valence-corrected chi connectivity index (χ3v) is 5.19. The number of Topliss-reactive ketones (excluding diaryl/α,β-unsaturated/α-hetero) is 1. The second-order valence-corrected chi connectivity index (χ2v) is 6.82. The number of carboxylic acids is 1. The van der Waals surface area contributed by atoms with Crippen molar-refractivity contribution < 1.29 is 24.4 Å². The van der Waals surface area contributed by atoms with Gasteiger partial charge < -0.3 is 14.8 Å². The molecule has 0 saturated carbocycles. The Morgan fingerprint density at radius 2 is 2.21 bits per heavy atom. The fraction of sp³-hybridized carbons (Fsp3) is 0.647. The van der Waals surface area contributed by atoms with Crippen LogP contribution in [0.15, 0.2) is 9.68 Å². The van der Waals surface area contributed by atoms with E-state index in [0.29, 0.717) is 35.6 Å². The molecule has 2 rings (SSSR count). The van der Waals surface area contributed by atoms with Crippen molar-refractivity contribution in [1.82, 2.24) is 5.16 Å². The van der Waals surface area contributed by atoms with Gasteiger partial charge in [-0.1, -0.05) is 37.5 Å². The normalized spacial score (nSPS) is 25.4. The highest BCUT2D eigenvalue weighted by Crippen LogP contribution is 2.47. The Hall–Kier alpha value is -2.18. The van der Waals surface area contributed by atoms with Crippen molar-refractivity contribution in [2.45, 2.75) is 53.4 Å². The summed E-state index contributed by atoms with van der Waals surface area (Å²) in [7, 11) is 0. The fourth-order valence-corrected chi connectivity index (χ4v) is 3.84. The van der Waals surface area contributed by atoms with E-state index in [1.807, 2.05) is 13.8 Å². The second-order valence-electron chi connectivity index (χ2n) is 6.82. The van der Waals surface area contributed by atoms with Crippen molar-refractivity contribution in [3.05, 3.63) is 17.0 Å². The second kappa shape index (κ2) is 6.75. The number of carbonyl (C=O) groups is 2. The Balaban J connectivity index is 2.51. The van der Waals surface area contributed by atoms with E-state index in [4.69, 9.17) is 4.52 Å². The van der Waals surface area contributed by atoms with Crippen LogP contribution < -0.4 is 0 Å². The Bertz CT molecular complexity index is 679. The van der Waals surface area contributed by atoms with Crippen LogP contribution in [0.3, 0.4) is 0 Å². The molecular weight excluding hydrogens is 312 g/mol. The zero-order valence-corrected chi connectivity index (χ0v) is 14.5. The number of fused-ring (bicyclic) bond motifs is 1. The van der Waals surface area contributed by atoms with Crippen LogP contribution in [0.25, 0.3) is 0 Å². The van der Waals surface area contributed by atoms with Gasteiger partial charge in [-0.3, -0.25) is 9.59 Å². The van der Waals surface area contributed by atoms with Crippen molar-refractivity contribution in [1.29, 1.82) is 0 Å². The number of nitrogens with zero attached hydrogens (tertiary/aromatic N) is 2. The molecule has 0 spiro atoms. The van der Waals surface area contributed by atoms with Gasteiger partial charge in [-0.05, 0) is 19.3 Å². The maximum Gasteiger partial charge on any atom is 0.304 e. The molecule has 1 aromatic heterocycles. The zero-order chi connectivity index (χ0) is 18.1. The molecule has 24 heavy (non-hydrogen) atoms. The maximum atomic E-state index is 13.1. The van der Waals surface area contributed by atoms with Gasteiger partial charge in [0.2, 0.25) is 0 Å². The summed E-state index contributed by atoms with van der Waals surface area (Å²) >= 11 is 0. The van der Waals surface area contributed by atoms with Gasteiger partial charge in [0.25, 0.3) is 0 Å². The molecule has 1 heterocycles. The standard InChI is InChI=1S/C17H24N2O5/c1-5-6-12(18-23)9(2)11-7-13-15(10(3)19-24-13)16(22)17(11,4)8-14(20)21/h9,11,23H,5-8H2,1-4H3,(H,20,21)/t9?,11-,17+/m1/s1. The highest BCUT2D eigenvalue weighted by atomic mass is 16.5. The summed E-state index contributed by atoms with van der Waals surface area (Å²) in [4.78, 5) is 24.5. The molecule has 7 heteroatoms. The predicted octanol–water partition coefficient (Wildman–Crippen LogP) is 3.09. The Labute approximate surface area is 140 Å². The fourth-order valence-electron chi connectivity index (χ4n) is 3.84. The molecule has 0 bridgehead atoms. The smallest absolute Gasteiger partial charge is 0.304 e. The van der Waals surface area contributed by atoms with Crippen LogP contribution in [0.2, 0.25) is 0 Å². The number of carboxylic acid groups (broad SMARTS) is 1. The number of aryl methyl sites for hydroxylation is 1. The Kier molecular flexibility index (Phi) is 5.11. The molecule has 2 N–H and O–H groups in total. The van der Waals surface area contributed by atoms with E-state index in [0.717, 1.165) is 6.42 Å². The lowest BCUT2D eigenvalue weighted by atomic mass is 9.59. The molecule has 1 aliphatic carbocycles. The molecule has 7 nitrogen and oxygen atoms in total. The van der Waals surface area contributed by atoms with Crippen LogP contribution in [0.4, 0.5) is 0 Å². The minimum Gasteiger partial charge on any atom is -0.481 e. The van der Waals surface area contributed by atoms with Crippen LogP contribution in [0.5, 0.6) is 0 Å². The minimum absolute atomic E-state index is 0.248. The van der Waals surface area contributed by atoms with Gasteiger partial charge in [-0.25, -0.2) is 0 Å². The number of hydrogen-bond donors (Lipinski definition) is 2. The van der Waals surface area contributed by atoms with E-state index in [1.54, 1.807) is 13.8 Å². The summed E-state index contributed by atoms with van der Waals surface area (Å²) < 4.78 is 5.29. The topological polar surface area (TPSA) is 113 Å². The van der Waals surface area contributed by atoms with E-state index >= 15 is 0 Å². The first-order valence-corrected chi connectivity index (χ1v) is 8.18. The zero-order valence-electron chi connectivity index (χ0n) is 14.5. The van der Waals surface area contributed by atoms with Crippen LogP contribution in [0, 0.1) is 24.2 Å². The lowest BCUT2D eigenvalue weighted by Gasteiger charge is -2.41. The van der Waals surface area contributed by atoms with Gasteiger partial charge >= 0.3 is 5.97 Å². The average Bonchev–Trinajstić information content (AvgIpc) is 2.88. The highest BCUT2D eigenvalue weighted by Gasteiger charge is 2.52. The number of hydrogen-bond acceptors (Lipinski definition) is 6. The summed E-state index contributed by atoms with van der Waals surface area (Å²) in [6.07, 6.45) is 1.51. The van der Waals surface area contributed by atoms with Crippen LogP contribution in [-0.2, 0) is 11.2 Å². The van der Waals surface area contributed by atoms with Crippen molar-refractivity contribution in [2.75, 3.05) is 0 Å². The SMILES string of the molecule is CCCC(=NO)C(C)[C@H]1Cc2onc(C)c2C(=O)[C@@]1(C)CC(=O)O. The first-order chi connectivity index (χ1) is 11.3. The van der Waals surface area contributed by atoms with Crippen LogP contribution >= 0.6 is 0 Å². The van der Waals surface area contributed by atoms with Gasteiger partial charge in [-0.15, -0.1) is 0 Å². The lowest BCUT2D eigenvalue weighted by Crippen LogP contribution is -2.47. The Morgan fingerprint density at radius 3 is 2.75 bits per heavy atom. The molecule has 1 aromatic rings. The van der Waals surface area contributed by atoms with Crippen molar-refractivity contribution in [3.63, 3.8) is 0 Å². The lowest BCUT2D eigenvalue weighted by molar-refractivity contribution is -0.139. The largest absolute Gasteiger partial charge is 0.481 e. The molecule has 1 aliphatic rings. The molecule has 0 amide bonds. The van der Waals surface area contributed by atoms with Crippen LogP contribution in [-0.4, -0.2) is 32.9 Å². The number of ketones is 1. The third kappa shape index (κ3) is 2.95. The van der Waals surface area contributed by atoms with Gasteiger partial charge in [0.1, 0.15) is 5.76 Å². The average molecular weight is 336 g/mol. The number of carbonyl (C=O) groups excluding carboxylic acids is 1. The summed E-state index contributed by atoms with van der Waals surface area (Å²) in [5, 5.41) is 25.9. The van der Waals surface area contributed by atoms with Gasteiger partial charge in [0, 0.05) is 17.8 Å². The van der Waals surface area contributed by atoms with E-state index < -0.39 is 11.4 Å². The molecule has 0 aromatic carbocycles. The first kappa shape index (κ1) is 18.2. The number of oxime groups is 1. The minimum atomic E-state index is -1.10. The molecule has 132 valence electrons. The van der Waals surface area contributed by atoms with E-state index in [2.05, 4.69) is 10.3 Å². The van der Waals surface area contributed by atoms with Crippen molar-refractivity contribution in [3.8, 4) is 0 Å². The van der Waals surface area contributed by atoms with E-state index in [-0.39, 0.29) is 24.0 Å². The summed E-state index contributed by atoms with van der Waals surface area (Å²) in [5.74, 6) is -1.37. The predicted molar refractivity (Wildman–Crippen MR) is 86.4 cm³/mol. The maximum absolute atomic E-state index is 13.1. The summed E-state index contributed by atoms with van der Waals surface area (Å²) in [6, 6.07) is 0. The van der Waals surface area contributed by atoms with Crippen molar-refractivity contribution >= 4 is 17.5 Å². The first-order valence-electron chi connectivity index (χ1n) is 8.18. The summed E-state index contributed by atoms with van der Waals surface area (Å²) in [6.45, 7) is 7.21. The number of rotatable bonds is 6. The number of aromatic nitrogens is 1. The molecule has 3 atom stereocenters.